The lowest BCUT2D eigenvalue weighted by molar-refractivity contribution is -0.115. The van der Waals surface area contributed by atoms with Crippen molar-refractivity contribution in [3.63, 3.8) is 0 Å². The topological polar surface area (TPSA) is 55.5 Å². The van der Waals surface area contributed by atoms with Gasteiger partial charge in [-0.3, -0.25) is 9.79 Å². The Bertz CT molecular complexity index is 747. The van der Waals surface area contributed by atoms with Crippen LogP contribution in [0.4, 0.5) is 0 Å². The van der Waals surface area contributed by atoms with Crippen molar-refractivity contribution in [2.45, 2.75) is 77.2 Å². The summed E-state index contributed by atoms with van der Waals surface area (Å²) in [5, 5.41) is 0. The van der Waals surface area contributed by atoms with Crippen molar-refractivity contribution < 1.29 is 4.79 Å². The number of hydrogen-bond acceptors (Lipinski definition) is 3. The maximum absolute atomic E-state index is 11.9. The van der Waals surface area contributed by atoms with E-state index in [-0.39, 0.29) is 16.4 Å². The summed E-state index contributed by atoms with van der Waals surface area (Å²) in [6.07, 6.45) is 14.4. The summed E-state index contributed by atoms with van der Waals surface area (Å²) in [5.41, 5.74) is 9.70. The molecule has 2 N–H and O–H groups in total. The fourth-order valence-electron chi connectivity index (χ4n) is 7.28. The first-order valence-corrected chi connectivity index (χ1v) is 10.2. The maximum atomic E-state index is 11.9. The number of allylic oxidation sites excluding steroid dienone is 4. The van der Waals surface area contributed by atoms with Crippen LogP contribution in [0.5, 0.6) is 0 Å². The highest BCUT2D eigenvalue weighted by Gasteiger charge is 2.63. The van der Waals surface area contributed by atoms with Crippen molar-refractivity contribution in [1.82, 2.24) is 0 Å². The van der Waals surface area contributed by atoms with Gasteiger partial charge in [-0.05, 0) is 68.3 Å². The summed E-state index contributed by atoms with van der Waals surface area (Å²) in [6.45, 7) is 4.90. The van der Waals surface area contributed by atoms with Gasteiger partial charge in [-0.15, -0.1) is 0 Å². The normalized spacial score (nSPS) is 48.4. The predicted octanol–water partition coefficient (Wildman–Crippen LogP) is 4.33. The van der Waals surface area contributed by atoms with Gasteiger partial charge in [0.25, 0.3) is 0 Å². The number of rotatable bonds is 0. The Kier molecular flexibility index (Phi) is 3.08. The second-order valence-electron chi connectivity index (χ2n) is 9.67. The van der Waals surface area contributed by atoms with Crippen molar-refractivity contribution in [3.8, 4) is 0 Å². The molecule has 4 aliphatic carbocycles. The molecule has 5 atom stereocenters. The van der Waals surface area contributed by atoms with Crippen LogP contribution in [-0.4, -0.2) is 17.2 Å². The minimum Gasteiger partial charge on any atom is -0.387 e. The van der Waals surface area contributed by atoms with Gasteiger partial charge in [0.2, 0.25) is 0 Å². The summed E-state index contributed by atoms with van der Waals surface area (Å²) in [6, 6.07) is 0. The molecule has 5 aliphatic rings. The third-order valence-electron chi connectivity index (χ3n) is 8.81. The number of aliphatic imine (C=N–C) groups is 1. The molecule has 3 nitrogen and oxygen atoms in total. The predicted molar refractivity (Wildman–Crippen MR) is 100 cm³/mol. The Hall–Kier alpha value is -1.38. The molecule has 0 amide bonds. The van der Waals surface area contributed by atoms with Crippen LogP contribution < -0.4 is 5.73 Å². The molecule has 2 saturated carbocycles. The van der Waals surface area contributed by atoms with Crippen LogP contribution in [-0.2, 0) is 4.79 Å². The van der Waals surface area contributed by atoms with Crippen LogP contribution in [0, 0.1) is 22.7 Å². The molecule has 2 fully saturated rings. The van der Waals surface area contributed by atoms with Gasteiger partial charge in [-0.2, -0.15) is 0 Å². The third kappa shape index (κ3) is 1.88. The quantitative estimate of drug-likeness (QED) is 0.668. The van der Waals surface area contributed by atoms with Gasteiger partial charge in [-0.25, -0.2) is 0 Å². The van der Waals surface area contributed by atoms with Crippen molar-refractivity contribution in [1.29, 1.82) is 0 Å². The number of nitrogens with zero attached hydrogens (tertiary/aromatic N) is 1. The Balaban J connectivity index is 1.57. The lowest BCUT2D eigenvalue weighted by Gasteiger charge is -2.54. The van der Waals surface area contributed by atoms with Crippen LogP contribution in [0.15, 0.2) is 28.3 Å². The molecular formula is C22H30N2O. The molecule has 4 unspecified atom stereocenters. The average Bonchev–Trinajstić information content (AvgIpc) is 3.10. The number of nitrogens with two attached hydrogens (primary N) is 1. The molecule has 3 heteroatoms. The molecule has 0 aromatic carbocycles. The summed E-state index contributed by atoms with van der Waals surface area (Å²) in [4.78, 5) is 17.0. The molecule has 5 rings (SSSR count). The standard InChI is InChI=1S/C22H30N2O/c1-20-9-5-15(25)13-14(20)3-4-16-17(20)6-10-21(2)18(16)7-11-22(21)12-8-19(23)24-22/h6,13,16,18H,3-5,7-12H2,1-2H3,(H2,23,24)/t16?,18?,20?,21?,22-/m1/s1. The molecule has 1 aliphatic heterocycles. The molecular weight excluding hydrogens is 308 g/mol. The molecule has 0 radical (unpaired) electrons. The van der Waals surface area contributed by atoms with Crippen molar-refractivity contribution in [2.75, 3.05) is 0 Å². The first-order valence-electron chi connectivity index (χ1n) is 10.2. The zero-order chi connectivity index (χ0) is 17.4. The van der Waals surface area contributed by atoms with E-state index in [9.17, 15) is 4.79 Å². The Labute approximate surface area is 150 Å². The van der Waals surface area contributed by atoms with E-state index in [0.717, 1.165) is 50.3 Å². The summed E-state index contributed by atoms with van der Waals surface area (Å²) in [7, 11) is 0. The van der Waals surface area contributed by atoms with Crippen LogP contribution in [0.1, 0.15) is 71.6 Å². The van der Waals surface area contributed by atoms with E-state index < -0.39 is 0 Å². The number of carbonyl (C=O) groups is 1. The third-order valence-corrected chi connectivity index (χ3v) is 8.81. The van der Waals surface area contributed by atoms with Gasteiger partial charge in [0, 0.05) is 18.3 Å². The van der Waals surface area contributed by atoms with E-state index in [1.54, 1.807) is 5.57 Å². The van der Waals surface area contributed by atoms with Crippen LogP contribution in [0.25, 0.3) is 0 Å². The second kappa shape index (κ2) is 4.86. The maximum Gasteiger partial charge on any atom is 0.155 e. The monoisotopic (exact) mass is 338 g/mol. The lowest BCUT2D eigenvalue weighted by atomic mass is 9.50. The van der Waals surface area contributed by atoms with Gasteiger partial charge >= 0.3 is 0 Å². The number of amidine groups is 1. The summed E-state index contributed by atoms with van der Waals surface area (Å²) >= 11 is 0. The van der Waals surface area contributed by atoms with Gasteiger partial charge in [-0.1, -0.05) is 31.1 Å². The van der Waals surface area contributed by atoms with E-state index in [1.807, 2.05) is 6.08 Å². The fourth-order valence-corrected chi connectivity index (χ4v) is 7.28. The first-order chi connectivity index (χ1) is 11.9. The number of ketones is 1. The van der Waals surface area contributed by atoms with Crippen molar-refractivity contribution in [3.05, 3.63) is 23.3 Å². The molecule has 0 aromatic rings. The first kappa shape index (κ1) is 15.8. The summed E-state index contributed by atoms with van der Waals surface area (Å²) in [5.74, 6) is 2.63. The molecule has 1 heterocycles. The minimum absolute atomic E-state index is 0.101. The lowest BCUT2D eigenvalue weighted by Crippen LogP contribution is -2.49. The zero-order valence-corrected chi connectivity index (χ0v) is 15.6. The fraction of sp³-hybridized carbons (Fsp3) is 0.727. The zero-order valence-electron chi connectivity index (χ0n) is 15.6. The van der Waals surface area contributed by atoms with Crippen molar-refractivity contribution in [2.24, 2.45) is 33.4 Å². The molecule has 25 heavy (non-hydrogen) atoms. The van der Waals surface area contributed by atoms with E-state index in [4.69, 9.17) is 10.7 Å². The van der Waals surface area contributed by atoms with Crippen molar-refractivity contribution >= 4 is 11.6 Å². The largest absolute Gasteiger partial charge is 0.387 e. The highest BCUT2D eigenvalue weighted by atomic mass is 16.1. The molecule has 0 saturated heterocycles. The van der Waals surface area contributed by atoms with E-state index in [2.05, 4.69) is 19.9 Å². The average molecular weight is 338 g/mol. The number of carbonyl (C=O) groups excluding carboxylic acids is 1. The molecule has 0 bridgehead atoms. The van der Waals surface area contributed by atoms with Gasteiger partial charge < -0.3 is 5.73 Å². The molecule has 1 spiro atoms. The Morgan fingerprint density at radius 2 is 1.96 bits per heavy atom. The van der Waals surface area contributed by atoms with Crippen LogP contribution in [0.2, 0.25) is 0 Å². The number of hydrogen-bond donors (Lipinski definition) is 1. The Morgan fingerprint density at radius 3 is 2.72 bits per heavy atom. The van der Waals surface area contributed by atoms with Gasteiger partial charge in [0.1, 0.15) is 0 Å². The van der Waals surface area contributed by atoms with E-state index in [0.29, 0.717) is 11.7 Å². The second-order valence-corrected chi connectivity index (χ2v) is 9.67. The van der Waals surface area contributed by atoms with Crippen LogP contribution in [0.3, 0.4) is 0 Å². The SMILES string of the molecule is CC12CCC(=O)C=C1CCC1C2=CCC2(C)C1CC[C@@]21CCC(N)=N1. The highest BCUT2D eigenvalue weighted by Crippen LogP contribution is 2.67. The number of fused-ring (bicyclic) bond motifs is 6. The van der Waals surface area contributed by atoms with E-state index >= 15 is 0 Å². The van der Waals surface area contributed by atoms with Crippen LogP contribution >= 0.6 is 0 Å². The van der Waals surface area contributed by atoms with Gasteiger partial charge in [0.15, 0.2) is 5.78 Å². The smallest absolute Gasteiger partial charge is 0.155 e. The molecule has 134 valence electrons. The van der Waals surface area contributed by atoms with Gasteiger partial charge in [0.05, 0.1) is 11.4 Å². The highest BCUT2D eigenvalue weighted by molar-refractivity contribution is 5.92. The summed E-state index contributed by atoms with van der Waals surface area (Å²) < 4.78 is 0. The minimum atomic E-state index is 0.101. The van der Waals surface area contributed by atoms with E-state index in [1.165, 1.54) is 24.8 Å². The molecule has 0 aromatic heterocycles. The Morgan fingerprint density at radius 1 is 1.12 bits per heavy atom.